The number of rotatable bonds is 5. The fourth-order valence-electron chi connectivity index (χ4n) is 1.01. The van der Waals surface area contributed by atoms with Crippen LogP contribution in [0.2, 0.25) is 0 Å². The Morgan fingerprint density at radius 1 is 1.62 bits per heavy atom. The molecule has 0 unspecified atom stereocenters. The molecule has 6 nitrogen and oxygen atoms in total. The minimum Gasteiger partial charge on any atom is -0.383 e. The first-order chi connectivity index (χ1) is 7.45. The molecule has 8 heteroatoms. The topological polar surface area (TPSA) is 88.3 Å². The molecule has 1 heterocycles. The maximum absolute atomic E-state index is 11.4. The van der Waals surface area contributed by atoms with E-state index >= 15 is 0 Å². The summed E-state index contributed by atoms with van der Waals surface area (Å²) < 4.78 is 26.6. The van der Waals surface area contributed by atoms with Gasteiger partial charge >= 0.3 is 0 Å². The van der Waals surface area contributed by atoms with Crippen molar-refractivity contribution >= 4 is 25.6 Å². The molecule has 1 amide bonds. The lowest BCUT2D eigenvalue weighted by atomic mass is 10.4. The Bertz CT molecular complexity index is 468. The summed E-state index contributed by atoms with van der Waals surface area (Å²) in [4.78, 5) is 13.8. The number of carbonyl (C=O) groups excluding carboxylic acids is 1. The zero-order valence-corrected chi connectivity index (χ0v) is 10.1. The van der Waals surface area contributed by atoms with Crippen LogP contribution in [-0.2, 0) is 13.8 Å². The molecule has 16 heavy (non-hydrogen) atoms. The summed E-state index contributed by atoms with van der Waals surface area (Å²) >= 11 is 0. The Kier molecular flexibility index (Phi) is 4.34. The second-order valence-corrected chi connectivity index (χ2v) is 5.50. The molecule has 0 bridgehead atoms. The minimum atomic E-state index is -3.80. The molecule has 0 aliphatic carbocycles. The number of carbonyl (C=O) groups is 1. The van der Waals surface area contributed by atoms with Crippen LogP contribution >= 0.6 is 10.7 Å². The molecule has 0 fully saturated rings. The van der Waals surface area contributed by atoms with Gasteiger partial charge in [0.2, 0.25) is 0 Å². The number of nitrogens with one attached hydrogen (secondary N) is 2. The van der Waals surface area contributed by atoms with E-state index in [1.165, 1.54) is 13.2 Å². The minimum absolute atomic E-state index is 0.133. The Morgan fingerprint density at radius 3 is 2.81 bits per heavy atom. The lowest BCUT2D eigenvalue weighted by molar-refractivity contribution is 0.0932. The molecule has 1 aromatic heterocycles. The van der Waals surface area contributed by atoms with E-state index in [0.717, 1.165) is 6.20 Å². The predicted octanol–water partition coefficient (Wildman–Crippen LogP) is 0.318. The summed E-state index contributed by atoms with van der Waals surface area (Å²) in [5.74, 6) is -0.413. The molecule has 0 spiro atoms. The van der Waals surface area contributed by atoms with Crippen LogP contribution in [0.5, 0.6) is 0 Å². The first kappa shape index (κ1) is 13.0. The first-order valence-electron chi connectivity index (χ1n) is 4.35. The molecule has 90 valence electrons. The molecule has 0 atom stereocenters. The molecule has 1 aromatic rings. The van der Waals surface area contributed by atoms with Crippen molar-refractivity contribution in [3.63, 3.8) is 0 Å². The Balaban J connectivity index is 2.68. The number of aromatic nitrogens is 1. The van der Waals surface area contributed by atoms with Gasteiger partial charge in [-0.25, -0.2) is 8.42 Å². The zero-order chi connectivity index (χ0) is 12.2. The van der Waals surface area contributed by atoms with Gasteiger partial charge in [0, 0.05) is 30.5 Å². The Labute approximate surface area is 97.4 Å². The molecule has 1 rings (SSSR count). The number of halogens is 1. The second kappa shape index (κ2) is 5.33. The van der Waals surface area contributed by atoms with Crippen LogP contribution in [0, 0.1) is 0 Å². The van der Waals surface area contributed by atoms with Crippen molar-refractivity contribution in [1.82, 2.24) is 10.3 Å². The third kappa shape index (κ3) is 3.51. The van der Waals surface area contributed by atoms with Gasteiger partial charge in [-0.15, -0.1) is 0 Å². The van der Waals surface area contributed by atoms with Gasteiger partial charge in [-0.3, -0.25) is 4.79 Å². The van der Waals surface area contributed by atoms with E-state index in [9.17, 15) is 13.2 Å². The van der Waals surface area contributed by atoms with Crippen LogP contribution < -0.4 is 5.32 Å². The van der Waals surface area contributed by atoms with E-state index in [-0.39, 0.29) is 10.6 Å². The molecule has 0 aliphatic rings. The number of H-pyrrole nitrogens is 1. The van der Waals surface area contributed by atoms with E-state index in [4.69, 9.17) is 15.4 Å². The van der Waals surface area contributed by atoms with Gasteiger partial charge < -0.3 is 15.0 Å². The molecule has 2 N–H and O–H groups in total. The van der Waals surface area contributed by atoms with Gasteiger partial charge in [-0.05, 0) is 6.07 Å². The summed E-state index contributed by atoms with van der Waals surface area (Å²) in [5, 5.41) is 2.53. The third-order valence-electron chi connectivity index (χ3n) is 1.77. The average molecular weight is 267 g/mol. The molecule has 0 saturated heterocycles. The van der Waals surface area contributed by atoms with Crippen molar-refractivity contribution in [3.8, 4) is 0 Å². The summed E-state index contributed by atoms with van der Waals surface area (Å²) in [6, 6.07) is 1.17. The van der Waals surface area contributed by atoms with Gasteiger partial charge in [0.15, 0.2) is 0 Å². The first-order valence-corrected chi connectivity index (χ1v) is 6.66. The normalized spacial score (nSPS) is 11.4. The molecular formula is C8H11ClN2O4S. The summed E-state index contributed by atoms with van der Waals surface area (Å²) in [5.41, 5.74) is 0.135. The van der Waals surface area contributed by atoms with Crippen molar-refractivity contribution in [1.29, 1.82) is 0 Å². The largest absolute Gasteiger partial charge is 0.383 e. The van der Waals surface area contributed by atoms with Gasteiger partial charge in [-0.1, -0.05) is 0 Å². The maximum atomic E-state index is 11.4. The van der Waals surface area contributed by atoms with Gasteiger partial charge in [-0.2, -0.15) is 0 Å². The standard InChI is InChI=1S/C8H11ClN2O4S/c1-15-3-2-10-8(12)7-4-6(5-11-7)16(9,13)14/h4-5,11H,2-3H2,1H3,(H,10,12). The van der Waals surface area contributed by atoms with Crippen LogP contribution in [0.4, 0.5) is 0 Å². The monoisotopic (exact) mass is 266 g/mol. The maximum Gasteiger partial charge on any atom is 0.267 e. The zero-order valence-electron chi connectivity index (χ0n) is 8.49. The van der Waals surface area contributed by atoms with Gasteiger partial charge in [0.1, 0.15) is 10.6 Å². The summed E-state index contributed by atoms with van der Waals surface area (Å²) in [7, 11) is 2.81. The van der Waals surface area contributed by atoms with Crippen molar-refractivity contribution < 1.29 is 17.9 Å². The number of ether oxygens (including phenoxy) is 1. The highest BCUT2D eigenvalue weighted by atomic mass is 35.7. The number of methoxy groups -OCH3 is 1. The Morgan fingerprint density at radius 2 is 2.31 bits per heavy atom. The van der Waals surface area contributed by atoms with Crippen LogP contribution in [0.3, 0.4) is 0 Å². The van der Waals surface area contributed by atoms with Crippen LogP contribution in [0.15, 0.2) is 17.2 Å². The van der Waals surface area contributed by atoms with Crippen LogP contribution in [0.25, 0.3) is 0 Å². The molecule has 0 aliphatic heterocycles. The summed E-state index contributed by atoms with van der Waals surface area (Å²) in [6.07, 6.45) is 1.16. The van der Waals surface area contributed by atoms with Crippen molar-refractivity contribution in [3.05, 3.63) is 18.0 Å². The highest BCUT2D eigenvalue weighted by Crippen LogP contribution is 2.15. The van der Waals surface area contributed by atoms with Gasteiger partial charge in [0.05, 0.1) is 6.61 Å². The van der Waals surface area contributed by atoms with E-state index in [2.05, 4.69) is 10.3 Å². The highest BCUT2D eigenvalue weighted by molar-refractivity contribution is 8.13. The summed E-state index contributed by atoms with van der Waals surface area (Å²) in [6.45, 7) is 0.727. The lowest BCUT2D eigenvalue weighted by Gasteiger charge is -2.01. The average Bonchev–Trinajstić information content (AvgIpc) is 2.66. The fourth-order valence-corrected chi connectivity index (χ4v) is 1.73. The van der Waals surface area contributed by atoms with E-state index in [0.29, 0.717) is 13.2 Å². The highest BCUT2D eigenvalue weighted by Gasteiger charge is 2.15. The lowest BCUT2D eigenvalue weighted by Crippen LogP contribution is -2.27. The van der Waals surface area contributed by atoms with Gasteiger partial charge in [0.25, 0.3) is 15.0 Å². The number of amides is 1. The smallest absolute Gasteiger partial charge is 0.267 e. The molecule has 0 radical (unpaired) electrons. The van der Waals surface area contributed by atoms with E-state index in [1.54, 1.807) is 0 Å². The Hall–Kier alpha value is -1.05. The number of hydrogen-bond acceptors (Lipinski definition) is 4. The van der Waals surface area contributed by atoms with Crippen LogP contribution in [0.1, 0.15) is 10.5 Å². The second-order valence-electron chi connectivity index (χ2n) is 2.94. The van der Waals surface area contributed by atoms with Crippen molar-refractivity contribution in [2.75, 3.05) is 20.3 Å². The van der Waals surface area contributed by atoms with Crippen molar-refractivity contribution in [2.45, 2.75) is 4.90 Å². The number of hydrogen-bond donors (Lipinski definition) is 2. The van der Waals surface area contributed by atoms with E-state index < -0.39 is 15.0 Å². The SMILES string of the molecule is COCCNC(=O)c1cc(S(=O)(=O)Cl)c[nH]1. The van der Waals surface area contributed by atoms with Crippen LogP contribution in [-0.4, -0.2) is 39.6 Å². The van der Waals surface area contributed by atoms with Crippen molar-refractivity contribution in [2.24, 2.45) is 0 Å². The fraction of sp³-hybridized carbons (Fsp3) is 0.375. The predicted molar refractivity (Wildman–Crippen MR) is 58.0 cm³/mol. The quantitative estimate of drug-likeness (QED) is 0.593. The molecule has 0 aromatic carbocycles. The number of aromatic amines is 1. The molecule has 0 saturated carbocycles. The molecular weight excluding hydrogens is 256 g/mol. The van der Waals surface area contributed by atoms with E-state index in [1.807, 2.05) is 0 Å². The third-order valence-corrected chi connectivity index (χ3v) is 3.11.